The zero-order chi connectivity index (χ0) is 32.0. The summed E-state index contributed by atoms with van der Waals surface area (Å²) in [6, 6.07) is 9.80. The number of hydrogen-bond acceptors (Lipinski definition) is 4. The summed E-state index contributed by atoms with van der Waals surface area (Å²) < 4.78 is 0. The van der Waals surface area contributed by atoms with Crippen LogP contribution in [0.3, 0.4) is 0 Å². The number of aromatic nitrogens is 1. The Balaban J connectivity index is 0.000000609. The van der Waals surface area contributed by atoms with E-state index >= 15 is 0 Å². The van der Waals surface area contributed by atoms with Gasteiger partial charge in [-0.15, -0.1) is 0 Å². The molecule has 0 atom stereocenters. The molecule has 2 aromatic rings. The van der Waals surface area contributed by atoms with Gasteiger partial charge in [-0.2, -0.15) is 12.6 Å². The van der Waals surface area contributed by atoms with Gasteiger partial charge in [-0.25, -0.2) is 4.98 Å². The van der Waals surface area contributed by atoms with Crippen molar-refractivity contribution in [3.63, 3.8) is 0 Å². The maximum Gasteiger partial charge on any atom is 0.303 e. The Morgan fingerprint density at radius 1 is 1.14 bits per heavy atom. The molecule has 0 amide bonds. The van der Waals surface area contributed by atoms with Crippen LogP contribution in [0.5, 0.6) is 0 Å². The molecule has 4 nitrogen and oxygen atoms in total. The Bertz CT molecular complexity index is 1440. The van der Waals surface area contributed by atoms with Gasteiger partial charge in [0, 0.05) is 10.4 Å². The van der Waals surface area contributed by atoms with Gasteiger partial charge in [0.15, 0.2) is 0 Å². The summed E-state index contributed by atoms with van der Waals surface area (Å²) in [7, 11) is 0. The molecule has 3 rings (SSSR count). The van der Waals surface area contributed by atoms with Crippen LogP contribution >= 0.6 is 24.2 Å². The van der Waals surface area contributed by atoms with Crippen molar-refractivity contribution < 1.29 is 15.0 Å². The molecular weight excluding hydrogens is 574 g/mol. The lowest BCUT2D eigenvalue weighted by atomic mass is 9.87. The van der Waals surface area contributed by atoms with Crippen LogP contribution in [0.2, 0.25) is 5.02 Å². The van der Waals surface area contributed by atoms with Gasteiger partial charge in [0.2, 0.25) is 0 Å². The summed E-state index contributed by atoms with van der Waals surface area (Å²) in [5.74, 6) is 0.0285. The normalized spacial score (nSPS) is 15.7. The minimum atomic E-state index is -0.905. The van der Waals surface area contributed by atoms with Crippen LogP contribution in [0.1, 0.15) is 71.9 Å². The number of carboxylic acids is 1. The summed E-state index contributed by atoms with van der Waals surface area (Å²) >= 11 is 10.2. The van der Waals surface area contributed by atoms with Gasteiger partial charge in [0.05, 0.1) is 23.2 Å². The first kappa shape index (κ1) is 36.1. The molecule has 43 heavy (non-hydrogen) atoms. The van der Waals surface area contributed by atoms with Gasteiger partial charge in [-0.05, 0) is 118 Å². The number of aliphatic hydroxyl groups is 1. The minimum Gasteiger partial charge on any atom is -0.481 e. The molecule has 0 spiro atoms. The van der Waals surface area contributed by atoms with Gasteiger partial charge >= 0.3 is 5.97 Å². The van der Waals surface area contributed by atoms with E-state index in [2.05, 4.69) is 56.2 Å². The van der Waals surface area contributed by atoms with Crippen molar-refractivity contribution in [3.05, 3.63) is 119 Å². The minimum absolute atomic E-state index is 0.0783. The number of allylic oxidation sites excluding steroid dienone is 9. The predicted octanol–water partition coefficient (Wildman–Crippen LogP) is 10.1. The van der Waals surface area contributed by atoms with Gasteiger partial charge < -0.3 is 10.2 Å². The molecule has 1 heterocycles. The molecule has 1 aliphatic rings. The van der Waals surface area contributed by atoms with Crippen molar-refractivity contribution in [3.8, 4) is 0 Å². The fourth-order valence-electron chi connectivity index (χ4n) is 4.68. The van der Waals surface area contributed by atoms with Crippen LogP contribution in [-0.2, 0) is 4.79 Å². The lowest BCUT2D eigenvalue weighted by Crippen LogP contribution is -2.23. The van der Waals surface area contributed by atoms with Crippen LogP contribution in [0.4, 0.5) is 0 Å². The van der Waals surface area contributed by atoms with Crippen molar-refractivity contribution in [1.29, 1.82) is 0 Å². The van der Waals surface area contributed by atoms with Gasteiger partial charge in [-0.3, -0.25) is 4.79 Å². The fraction of sp³-hybridized carbons (Fsp3) is 0.351. The highest BCUT2D eigenvalue weighted by Crippen LogP contribution is 2.49. The third kappa shape index (κ3) is 12.2. The maximum absolute atomic E-state index is 10.5. The van der Waals surface area contributed by atoms with E-state index in [0.29, 0.717) is 11.4 Å². The molecule has 0 saturated heterocycles. The molecule has 0 bridgehead atoms. The standard InChI is InChI=1S/C31H36ClNO.C6H10O2S/c1-7-12-29(31(5,6)34)25(10-4)14-11-13-23(8-2)21-24(9-3)15-19-28-20-17-26-16-18-27(32)22-30(26)33-28;7-5(8)3-6(4-9)1-2-6/h7-10,12,15-22,34H,1-2,11,13-14H2,3-6H3;9H,1-4H2,(H,7,8)/b19-15+,23-21+,24-9-,25-10-,29-12+;. The van der Waals surface area contributed by atoms with Crippen molar-refractivity contribution in [2.45, 2.75) is 71.8 Å². The van der Waals surface area contributed by atoms with Crippen molar-refractivity contribution >= 4 is 47.2 Å². The molecule has 2 N–H and O–H groups in total. The molecular formula is C37H46ClNO3S. The average Bonchev–Trinajstić information content (AvgIpc) is 3.74. The van der Waals surface area contributed by atoms with Crippen LogP contribution in [0.15, 0.2) is 108 Å². The lowest BCUT2D eigenvalue weighted by Gasteiger charge is -2.24. The highest BCUT2D eigenvalue weighted by molar-refractivity contribution is 7.80. The molecule has 1 aromatic heterocycles. The quantitative estimate of drug-likeness (QED) is 0.145. The van der Waals surface area contributed by atoms with Crippen LogP contribution in [0.25, 0.3) is 17.0 Å². The van der Waals surface area contributed by atoms with Crippen molar-refractivity contribution in [1.82, 2.24) is 4.98 Å². The molecule has 1 saturated carbocycles. The molecule has 6 heteroatoms. The number of pyridine rings is 1. The third-order valence-corrected chi connectivity index (χ3v) is 8.34. The van der Waals surface area contributed by atoms with Gasteiger partial charge in [0.25, 0.3) is 0 Å². The monoisotopic (exact) mass is 619 g/mol. The predicted molar refractivity (Wildman–Crippen MR) is 188 cm³/mol. The third-order valence-electron chi connectivity index (χ3n) is 7.44. The number of rotatable bonds is 14. The van der Waals surface area contributed by atoms with E-state index in [1.807, 2.05) is 70.2 Å². The van der Waals surface area contributed by atoms with Gasteiger partial charge in [-0.1, -0.05) is 79.4 Å². The van der Waals surface area contributed by atoms with E-state index in [0.717, 1.165) is 71.2 Å². The number of carbonyl (C=O) groups is 1. The Kier molecular flexibility index (Phi) is 14.5. The van der Waals surface area contributed by atoms with Crippen LogP contribution < -0.4 is 0 Å². The summed E-state index contributed by atoms with van der Waals surface area (Å²) in [4.78, 5) is 14.9. The van der Waals surface area contributed by atoms with E-state index in [1.165, 1.54) is 5.57 Å². The molecule has 0 aliphatic heterocycles. The van der Waals surface area contributed by atoms with Crippen LogP contribution in [-0.4, -0.2) is 32.5 Å². The first-order chi connectivity index (χ1) is 20.4. The molecule has 1 fully saturated rings. The number of halogens is 1. The summed E-state index contributed by atoms with van der Waals surface area (Å²) in [6.45, 7) is 15.5. The molecule has 0 unspecified atom stereocenters. The molecule has 0 radical (unpaired) electrons. The van der Waals surface area contributed by atoms with E-state index in [1.54, 1.807) is 6.08 Å². The second-order valence-corrected chi connectivity index (χ2v) is 12.1. The number of fused-ring (bicyclic) bond motifs is 1. The zero-order valence-electron chi connectivity index (χ0n) is 25.9. The van der Waals surface area contributed by atoms with Crippen molar-refractivity contribution in [2.24, 2.45) is 5.41 Å². The number of carboxylic acid groups (broad SMARTS) is 1. The first-order valence-electron chi connectivity index (χ1n) is 14.7. The van der Waals surface area contributed by atoms with E-state index in [9.17, 15) is 9.90 Å². The Morgan fingerprint density at radius 2 is 1.84 bits per heavy atom. The highest BCUT2D eigenvalue weighted by atomic mass is 35.5. The summed E-state index contributed by atoms with van der Waals surface area (Å²) in [6.07, 6.45) is 21.1. The second kappa shape index (κ2) is 17.2. The summed E-state index contributed by atoms with van der Waals surface area (Å²) in [5, 5.41) is 20.7. The fourth-order valence-corrected chi connectivity index (χ4v) is 5.28. The van der Waals surface area contributed by atoms with Crippen molar-refractivity contribution in [2.75, 3.05) is 5.75 Å². The van der Waals surface area contributed by atoms with E-state index in [-0.39, 0.29) is 5.41 Å². The molecule has 1 aromatic carbocycles. The zero-order valence-corrected chi connectivity index (χ0v) is 27.6. The topological polar surface area (TPSA) is 70.4 Å². The number of aliphatic carboxylic acids is 1. The smallest absolute Gasteiger partial charge is 0.303 e. The van der Waals surface area contributed by atoms with Crippen LogP contribution in [0, 0.1) is 5.41 Å². The Hall–Kier alpha value is -3.12. The number of benzene rings is 1. The lowest BCUT2D eigenvalue weighted by molar-refractivity contribution is -0.138. The number of nitrogens with zero attached hydrogens (tertiary/aromatic N) is 1. The van der Waals surface area contributed by atoms with E-state index < -0.39 is 11.6 Å². The first-order valence-corrected chi connectivity index (χ1v) is 15.7. The molecule has 230 valence electrons. The average molecular weight is 620 g/mol. The second-order valence-electron chi connectivity index (χ2n) is 11.4. The van der Waals surface area contributed by atoms with E-state index in [4.69, 9.17) is 21.7 Å². The SMILES string of the molecule is C=C/C=C(\C(=C/C)CCC/C(C=C)=C/C(=C\C)/C=C/c1ccc2ccc(Cl)cc2n1)C(C)(C)O.O=C(O)CC1(CS)CC1. The molecule has 1 aliphatic carbocycles. The largest absolute Gasteiger partial charge is 0.481 e. The number of thiol groups is 1. The highest BCUT2D eigenvalue weighted by Gasteiger charge is 2.42. The Morgan fingerprint density at radius 3 is 2.35 bits per heavy atom. The summed E-state index contributed by atoms with van der Waals surface area (Å²) in [5.41, 5.74) is 5.26. The number of hydrogen-bond donors (Lipinski definition) is 3. The Labute approximate surface area is 268 Å². The maximum atomic E-state index is 10.5. The van der Waals surface area contributed by atoms with Gasteiger partial charge in [0.1, 0.15) is 0 Å².